The lowest BCUT2D eigenvalue weighted by Gasteiger charge is -2.20. The van der Waals surface area contributed by atoms with Gasteiger partial charge in [-0.2, -0.15) is 4.98 Å². The van der Waals surface area contributed by atoms with E-state index >= 15 is 0 Å². The van der Waals surface area contributed by atoms with Gasteiger partial charge in [0.2, 0.25) is 5.88 Å². The van der Waals surface area contributed by atoms with Gasteiger partial charge in [-0.1, -0.05) is 6.92 Å². The maximum absolute atomic E-state index is 6.08. The van der Waals surface area contributed by atoms with Crippen molar-refractivity contribution in [3.05, 3.63) is 30.0 Å². The third-order valence-electron chi connectivity index (χ3n) is 3.00. The van der Waals surface area contributed by atoms with Gasteiger partial charge in [0.15, 0.2) is 5.82 Å². The van der Waals surface area contributed by atoms with Crippen molar-refractivity contribution in [2.45, 2.75) is 26.8 Å². The third-order valence-corrected chi connectivity index (χ3v) is 3.00. The highest BCUT2D eigenvalue weighted by atomic mass is 16.5. The second-order valence-corrected chi connectivity index (χ2v) is 4.62. The quantitative estimate of drug-likeness (QED) is 0.872. The smallest absolute Gasteiger partial charge is 0.242 e. The summed E-state index contributed by atoms with van der Waals surface area (Å²) in [4.78, 5) is 10.3. The van der Waals surface area contributed by atoms with Crippen LogP contribution in [0.1, 0.15) is 24.7 Å². The van der Waals surface area contributed by atoms with Gasteiger partial charge in [-0.15, -0.1) is 0 Å². The summed E-state index contributed by atoms with van der Waals surface area (Å²) in [6, 6.07) is 1.94. The topological polar surface area (TPSA) is 77.4 Å². The minimum atomic E-state index is 0.438. The Kier molecular flexibility index (Phi) is 4.45. The molecule has 0 aliphatic rings. The first-order chi connectivity index (χ1) is 9.63. The molecule has 6 heteroatoms. The molecule has 108 valence electrons. The summed E-state index contributed by atoms with van der Waals surface area (Å²) >= 11 is 0. The fraction of sp³-hybridized carbons (Fsp3) is 0.429. The molecule has 0 aliphatic carbocycles. The van der Waals surface area contributed by atoms with Crippen molar-refractivity contribution in [1.29, 1.82) is 0 Å². The van der Waals surface area contributed by atoms with E-state index in [1.165, 1.54) is 6.33 Å². The molecule has 0 radical (unpaired) electrons. The van der Waals surface area contributed by atoms with Crippen molar-refractivity contribution < 1.29 is 9.15 Å². The Morgan fingerprint density at radius 2 is 2.20 bits per heavy atom. The lowest BCUT2D eigenvalue weighted by atomic mass is 10.2. The number of aryl methyl sites for hydroxylation is 1. The first-order valence-corrected chi connectivity index (χ1v) is 6.60. The van der Waals surface area contributed by atoms with Gasteiger partial charge in [-0.05, 0) is 19.4 Å². The van der Waals surface area contributed by atoms with Crippen LogP contribution in [0.5, 0.6) is 5.88 Å². The largest absolute Gasteiger partial charge is 0.476 e. The van der Waals surface area contributed by atoms with Crippen molar-refractivity contribution in [3.8, 4) is 5.88 Å². The molecule has 2 N–H and O–H groups in total. The van der Waals surface area contributed by atoms with Crippen LogP contribution in [0.2, 0.25) is 0 Å². The van der Waals surface area contributed by atoms with Crippen molar-refractivity contribution in [2.75, 3.05) is 24.3 Å². The number of hydrogen-bond acceptors (Lipinski definition) is 6. The van der Waals surface area contributed by atoms with E-state index in [1.807, 2.05) is 31.9 Å². The van der Waals surface area contributed by atoms with E-state index in [2.05, 4.69) is 9.97 Å². The van der Waals surface area contributed by atoms with Crippen LogP contribution in [0, 0.1) is 6.92 Å². The minimum Gasteiger partial charge on any atom is -0.476 e. The van der Waals surface area contributed by atoms with E-state index in [9.17, 15) is 0 Å². The zero-order valence-electron chi connectivity index (χ0n) is 12.1. The number of hydrogen-bond donors (Lipinski definition) is 1. The number of nitrogen functional groups attached to an aromatic ring is 1. The first kappa shape index (κ1) is 14.2. The lowest BCUT2D eigenvalue weighted by Crippen LogP contribution is -2.20. The molecular weight excluding hydrogens is 256 g/mol. The summed E-state index contributed by atoms with van der Waals surface area (Å²) in [5.74, 6) is 1.99. The van der Waals surface area contributed by atoms with E-state index in [0.717, 1.165) is 17.7 Å². The van der Waals surface area contributed by atoms with Gasteiger partial charge in [-0.25, -0.2) is 4.98 Å². The number of anilines is 2. The molecule has 0 unspecified atom stereocenters. The molecule has 2 aromatic heterocycles. The molecule has 0 saturated carbocycles. The summed E-state index contributed by atoms with van der Waals surface area (Å²) in [7, 11) is 1.93. The molecule has 20 heavy (non-hydrogen) atoms. The van der Waals surface area contributed by atoms with E-state index in [1.54, 1.807) is 6.26 Å². The molecule has 0 bridgehead atoms. The van der Waals surface area contributed by atoms with Crippen molar-refractivity contribution in [2.24, 2.45) is 0 Å². The maximum Gasteiger partial charge on any atom is 0.242 e. The Hall–Kier alpha value is -2.24. The number of aromatic nitrogens is 2. The molecule has 0 spiro atoms. The predicted molar refractivity (Wildman–Crippen MR) is 77.8 cm³/mol. The summed E-state index contributed by atoms with van der Waals surface area (Å²) in [6.07, 6.45) is 4.05. The third kappa shape index (κ3) is 3.01. The van der Waals surface area contributed by atoms with Crippen LogP contribution in [0.15, 0.2) is 23.1 Å². The van der Waals surface area contributed by atoms with Crippen molar-refractivity contribution >= 4 is 11.5 Å². The molecule has 0 fully saturated rings. The van der Waals surface area contributed by atoms with E-state index < -0.39 is 0 Å². The van der Waals surface area contributed by atoms with Gasteiger partial charge < -0.3 is 19.8 Å². The fourth-order valence-electron chi connectivity index (χ4n) is 1.89. The second kappa shape index (κ2) is 6.27. The molecule has 2 aromatic rings. The highest BCUT2D eigenvalue weighted by Gasteiger charge is 2.14. The standard InChI is InChI=1S/C14H20N4O2/c1-4-6-20-14-12(15)13(16-9-17-14)18(3)8-11-5-7-19-10(11)2/h5,7,9H,4,6,8,15H2,1-3H3. The fourth-order valence-corrected chi connectivity index (χ4v) is 1.89. The number of furan rings is 1. The van der Waals surface area contributed by atoms with Crippen LogP contribution in [0.25, 0.3) is 0 Å². The molecule has 0 saturated heterocycles. The molecule has 6 nitrogen and oxygen atoms in total. The number of nitrogens with two attached hydrogens (primary N) is 1. The van der Waals surface area contributed by atoms with Gasteiger partial charge in [0.05, 0.1) is 12.9 Å². The van der Waals surface area contributed by atoms with Gasteiger partial charge >= 0.3 is 0 Å². The average Bonchev–Trinajstić information content (AvgIpc) is 2.83. The highest BCUT2D eigenvalue weighted by molar-refractivity contribution is 5.67. The summed E-state index contributed by atoms with van der Waals surface area (Å²) < 4.78 is 10.8. The Balaban J connectivity index is 2.17. The number of ether oxygens (including phenoxy) is 1. The summed E-state index contributed by atoms with van der Waals surface area (Å²) in [5.41, 5.74) is 7.64. The van der Waals surface area contributed by atoms with E-state index in [-0.39, 0.29) is 0 Å². The predicted octanol–water partition coefficient (Wildman–Crippen LogP) is 2.39. The minimum absolute atomic E-state index is 0.438. The van der Waals surface area contributed by atoms with E-state index in [4.69, 9.17) is 14.9 Å². The van der Waals surface area contributed by atoms with Gasteiger partial charge in [0.25, 0.3) is 0 Å². The van der Waals surface area contributed by atoms with Crippen molar-refractivity contribution in [3.63, 3.8) is 0 Å². The van der Waals surface area contributed by atoms with Crippen LogP contribution >= 0.6 is 0 Å². The van der Waals surface area contributed by atoms with Gasteiger partial charge in [0.1, 0.15) is 17.8 Å². The second-order valence-electron chi connectivity index (χ2n) is 4.62. The maximum atomic E-state index is 6.08. The normalized spacial score (nSPS) is 10.6. The first-order valence-electron chi connectivity index (χ1n) is 6.60. The molecule has 0 atom stereocenters. The lowest BCUT2D eigenvalue weighted by molar-refractivity contribution is 0.306. The zero-order valence-corrected chi connectivity index (χ0v) is 12.1. The number of rotatable bonds is 6. The van der Waals surface area contributed by atoms with Crippen molar-refractivity contribution in [1.82, 2.24) is 9.97 Å². The van der Waals surface area contributed by atoms with Crippen LogP contribution < -0.4 is 15.4 Å². The van der Waals surface area contributed by atoms with E-state index in [0.29, 0.717) is 30.5 Å². The Morgan fingerprint density at radius 1 is 1.40 bits per heavy atom. The monoisotopic (exact) mass is 276 g/mol. The molecule has 2 rings (SSSR count). The highest BCUT2D eigenvalue weighted by Crippen LogP contribution is 2.28. The Morgan fingerprint density at radius 3 is 2.85 bits per heavy atom. The Bertz CT molecular complexity index is 568. The number of nitrogens with zero attached hydrogens (tertiary/aromatic N) is 3. The average molecular weight is 276 g/mol. The molecule has 2 heterocycles. The summed E-state index contributed by atoms with van der Waals surface area (Å²) in [5, 5.41) is 0. The summed E-state index contributed by atoms with van der Waals surface area (Å²) in [6.45, 7) is 5.22. The van der Waals surface area contributed by atoms with Gasteiger partial charge in [-0.3, -0.25) is 0 Å². The van der Waals surface area contributed by atoms with Gasteiger partial charge in [0, 0.05) is 19.2 Å². The van der Waals surface area contributed by atoms with Crippen LogP contribution in [-0.4, -0.2) is 23.6 Å². The molecular formula is C14H20N4O2. The zero-order chi connectivity index (χ0) is 14.5. The van der Waals surface area contributed by atoms with Crippen LogP contribution in [-0.2, 0) is 6.54 Å². The molecule has 0 aromatic carbocycles. The molecule has 0 amide bonds. The Labute approximate surface area is 118 Å². The van der Waals surface area contributed by atoms with Crippen LogP contribution in [0.3, 0.4) is 0 Å². The SMILES string of the molecule is CCCOc1ncnc(N(C)Cc2ccoc2C)c1N. The van der Waals surface area contributed by atoms with Crippen LogP contribution in [0.4, 0.5) is 11.5 Å². The molecule has 0 aliphatic heterocycles.